The number of aromatic nitrogens is 2. The molecule has 0 amide bonds. The Morgan fingerprint density at radius 1 is 0.434 bits per heavy atom. The van der Waals surface area contributed by atoms with Crippen LogP contribution in [0.3, 0.4) is 0 Å². The van der Waals surface area contributed by atoms with Crippen LogP contribution in [0.5, 0.6) is 0 Å². The highest BCUT2D eigenvalue weighted by atomic mass is 31.2. The van der Waals surface area contributed by atoms with Gasteiger partial charge in [0, 0.05) is 21.5 Å². The number of nitrogens with zero attached hydrogens (tertiary/aromatic N) is 2. The number of rotatable bonds is 4. The second kappa shape index (κ2) is 11.5. The quantitative estimate of drug-likeness (QED) is 0.136. The highest BCUT2D eigenvalue weighted by Gasteiger charge is 2.39. The smallest absolute Gasteiger partial charge is 0.175 e. The summed E-state index contributed by atoms with van der Waals surface area (Å²) in [6, 6.07) is 65.9. The van der Waals surface area contributed by atoms with Crippen LogP contribution in [0.15, 0.2) is 188 Å². The van der Waals surface area contributed by atoms with Crippen LogP contribution in [0.4, 0.5) is 0 Å². The van der Waals surface area contributed by atoms with Crippen molar-refractivity contribution in [2.24, 2.45) is 0 Å². The molecule has 248 valence electrons. The van der Waals surface area contributed by atoms with Gasteiger partial charge >= 0.3 is 0 Å². The molecule has 0 fully saturated rings. The van der Waals surface area contributed by atoms with E-state index >= 15 is 4.57 Å². The lowest BCUT2D eigenvalue weighted by molar-refractivity contribution is 0.592. The molecule has 0 saturated carbocycles. The minimum atomic E-state index is -3.18. The molecule has 0 aliphatic carbocycles. The van der Waals surface area contributed by atoms with E-state index in [0.29, 0.717) is 0 Å². The molecular weight excluding hydrogens is 664 g/mol. The van der Waals surface area contributed by atoms with Crippen molar-refractivity contribution < 1.29 is 4.57 Å². The van der Waals surface area contributed by atoms with Gasteiger partial charge in [-0.05, 0) is 91.0 Å². The molecule has 11 rings (SSSR count). The van der Waals surface area contributed by atoms with Crippen molar-refractivity contribution in [1.29, 1.82) is 0 Å². The van der Waals surface area contributed by atoms with Gasteiger partial charge in [-0.3, -0.25) is 4.57 Å². The van der Waals surface area contributed by atoms with Gasteiger partial charge in [0.1, 0.15) is 5.82 Å². The first-order valence-electron chi connectivity index (χ1n) is 18.0. The summed E-state index contributed by atoms with van der Waals surface area (Å²) in [5, 5.41) is 9.70. The second-order valence-electron chi connectivity index (χ2n) is 13.8. The lowest BCUT2D eigenvalue weighted by Crippen LogP contribution is -2.32. The Morgan fingerprint density at radius 2 is 1.06 bits per heavy atom. The molecule has 1 unspecified atom stereocenters. The minimum absolute atomic E-state index is 0.827. The number of fused-ring (bicyclic) bond motifs is 5. The molecular formula is C49H31N2OP. The highest BCUT2D eigenvalue weighted by molar-refractivity contribution is 7.86. The molecule has 1 aliphatic rings. The molecule has 10 aromatic rings. The van der Waals surface area contributed by atoms with Crippen molar-refractivity contribution in [2.45, 2.75) is 0 Å². The van der Waals surface area contributed by atoms with Gasteiger partial charge in [-0.2, -0.15) is 0 Å². The molecule has 1 atom stereocenters. The van der Waals surface area contributed by atoms with Crippen molar-refractivity contribution in [2.75, 3.05) is 0 Å². The van der Waals surface area contributed by atoms with Crippen LogP contribution in [-0.2, 0) is 4.57 Å². The molecule has 0 bridgehead atoms. The minimum Gasteiger partial charge on any atom is -0.308 e. The van der Waals surface area contributed by atoms with Gasteiger partial charge < -0.3 is 4.57 Å². The average molecular weight is 695 g/mol. The van der Waals surface area contributed by atoms with Gasteiger partial charge in [0.25, 0.3) is 0 Å². The van der Waals surface area contributed by atoms with Crippen molar-refractivity contribution >= 4 is 66.4 Å². The van der Waals surface area contributed by atoms with Crippen molar-refractivity contribution in [3.8, 4) is 39.3 Å². The topological polar surface area (TPSA) is 34.9 Å². The summed E-state index contributed by atoms with van der Waals surface area (Å²) >= 11 is 0. The van der Waals surface area contributed by atoms with E-state index in [9.17, 15) is 0 Å². The summed E-state index contributed by atoms with van der Waals surface area (Å²) in [4.78, 5) is 5.35. The molecule has 53 heavy (non-hydrogen) atoms. The summed E-state index contributed by atoms with van der Waals surface area (Å²) in [5.74, 6) is 0.833. The summed E-state index contributed by atoms with van der Waals surface area (Å²) in [6.07, 6.45) is 0. The normalized spacial score (nSPS) is 14.9. The van der Waals surface area contributed by atoms with Gasteiger partial charge in [-0.15, -0.1) is 0 Å². The van der Waals surface area contributed by atoms with Crippen molar-refractivity contribution in [3.63, 3.8) is 0 Å². The summed E-state index contributed by atoms with van der Waals surface area (Å²) in [5.41, 5.74) is 8.44. The van der Waals surface area contributed by atoms with Gasteiger partial charge in [0.2, 0.25) is 0 Å². The van der Waals surface area contributed by atoms with Crippen LogP contribution in [0.2, 0.25) is 0 Å². The van der Waals surface area contributed by atoms with E-state index in [1.165, 1.54) is 49.2 Å². The van der Waals surface area contributed by atoms with E-state index in [4.69, 9.17) is 4.98 Å². The van der Waals surface area contributed by atoms with Gasteiger partial charge in [0.05, 0.1) is 16.7 Å². The number of hydrogen-bond acceptors (Lipinski definition) is 2. The predicted octanol–water partition coefficient (Wildman–Crippen LogP) is 11.4. The first-order valence-corrected chi connectivity index (χ1v) is 19.7. The fourth-order valence-electron chi connectivity index (χ4n) is 8.65. The SMILES string of the molecule is O=P1(c2ccccc2)c2ccccc2-n2c(-c3ccc4c(-c5ccccc5)c5ccccc5c(-c5ccc6ccccc6c5)c4c3)nc3cccc1c32. The van der Waals surface area contributed by atoms with Crippen LogP contribution in [0, 0.1) is 0 Å². The standard InChI is InChI=1S/C49H31N2OP/c52-53(37-18-5-2-6-19-37)44-24-12-11-23-43(44)51-48-42(22-13-25-45(48)53)50-49(51)36-28-29-40-41(31-36)47(35-27-26-32-14-7-8-17-34(32)30-35)39-21-10-9-20-38(39)46(40)33-15-3-1-4-16-33/h1-31H. The monoisotopic (exact) mass is 694 g/mol. The Morgan fingerprint density at radius 3 is 1.87 bits per heavy atom. The maximum Gasteiger partial charge on any atom is 0.175 e. The van der Waals surface area contributed by atoms with Gasteiger partial charge in [0.15, 0.2) is 7.14 Å². The second-order valence-corrected chi connectivity index (χ2v) is 16.5. The van der Waals surface area contributed by atoms with Crippen molar-refractivity contribution in [3.05, 3.63) is 188 Å². The number of para-hydroxylation sites is 2. The lowest BCUT2D eigenvalue weighted by Gasteiger charge is -2.29. The molecule has 4 heteroatoms. The van der Waals surface area contributed by atoms with Crippen LogP contribution in [-0.4, -0.2) is 9.55 Å². The summed E-state index contributed by atoms with van der Waals surface area (Å²) in [6.45, 7) is 0. The molecule has 2 heterocycles. The lowest BCUT2D eigenvalue weighted by atomic mass is 9.85. The maximum atomic E-state index is 15.5. The van der Waals surface area contributed by atoms with E-state index < -0.39 is 7.14 Å². The van der Waals surface area contributed by atoms with E-state index in [0.717, 1.165) is 49.4 Å². The number of benzene rings is 9. The molecule has 0 N–H and O–H groups in total. The molecule has 1 aromatic heterocycles. The van der Waals surface area contributed by atoms with Crippen LogP contribution in [0.1, 0.15) is 0 Å². The Labute approximate surface area is 306 Å². The summed E-state index contributed by atoms with van der Waals surface area (Å²) in [7, 11) is -3.18. The van der Waals surface area contributed by atoms with E-state index in [2.05, 4.69) is 126 Å². The van der Waals surface area contributed by atoms with Crippen LogP contribution >= 0.6 is 7.14 Å². The Bertz CT molecular complexity index is 3150. The van der Waals surface area contributed by atoms with Gasteiger partial charge in [-0.1, -0.05) is 152 Å². The molecule has 3 nitrogen and oxygen atoms in total. The Hall–Kier alpha value is -6.54. The molecule has 0 radical (unpaired) electrons. The third-order valence-corrected chi connectivity index (χ3v) is 14.1. The first-order chi connectivity index (χ1) is 26.2. The molecule has 9 aromatic carbocycles. The maximum absolute atomic E-state index is 15.5. The fraction of sp³-hybridized carbons (Fsp3) is 0. The van der Waals surface area contributed by atoms with Gasteiger partial charge in [-0.25, -0.2) is 4.98 Å². The van der Waals surface area contributed by atoms with Crippen molar-refractivity contribution in [1.82, 2.24) is 9.55 Å². The van der Waals surface area contributed by atoms with E-state index in [1.54, 1.807) is 0 Å². The molecule has 0 saturated heterocycles. The third kappa shape index (κ3) is 4.35. The fourth-order valence-corrected chi connectivity index (χ4v) is 11.7. The molecule has 0 spiro atoms. The zero-order valence-corrected chi connectivity index (χ0v) is 29.5. The van der Waals surface area contributed by atoms with Crippen LogP contribution in [0.25, 0.3) is 82.7 Å². The number of imidazole rings is 1. The Kier molecular flexibility index (Phi) is 6.53. The third-order valence-electron chi connectivity index (χ3n) is 11.0. The first kappa shape index (κ1) is 30.1. The number of hydrogen-bond donors (Lipinski definition) is 0. The Balaban J connectivity index is 1.25. The average Bonchev–Trinajstić information content (AvgIpc) is 3.62. The van der Waals surface area contributed by atoms with E-state index in [1.807, 2.05) is 66.7 Å². The zero-order valence-electron chi connectivity index (χ0n) is 28.6. The largest absolute Gasteiger partial charge is 0.308 e. The predicted molar refractivity (Wildman–Crippen MR) is 223 cm³/mol. The molecule has 1 aliphatic heterocycles. The summed E-state index contributed by atoms with van der Waals surface area (Å²) < 4.78 is 17.8. The highest BCUT2D eigenvalue weighted by Crippen LogP contribution is 2.51. The van der Waals surface area contributed by atoms with Crippen LogP contribution < -0.4 is 15.9 Å². The van der Waals surface area contributed by atoms with E-state index in [-0.39, 0.29) is 0 Å². The zero-order chi connectivity index (χ0) is 35.1.